The van der Waals surface area contributed by atoms with Gasteiger partial charge < -0.3 is 24.6 Å². The highest BCUT2D eigenvalue weighted by Crippen LogP contribution is 2.27. The zero-order valence-electron chi connectivity index (χ0n) is 16.2. The fourth-order valence-corrected chi connectivity index (χ4v) is 2.14. The minimum absolute atomic E-state index is 0.212. The summed E-state index contributed by atoms with van der Waals surface area (Å²) in [5.74, 6) is -0.938. The van der Waals surface area contributed by atoms with Gasteiger partial charge in [-0.15, -0.1) is 0 Å². The lowest BCUT2D eigenvalue weighted by Crippen LogP contribution is -2.37. The Morgan fingerprint density at radius 1 is 1.00 bits per heavy atom. The van der Waals surface area contributed by atoms with Crippen molar-refractivity contribution in [2.75, 3.05) is 26.9 Å². The fourth-order valence-electron chi connectivity index (χ4n) is 2.14. The normalized spacial score (nSPS) is 10.3. The highest BCUT2D eigenvalue weighted by Gasteiger charge is 2.08. The molecule has 2 aromatic carbocycles. The largest absolute Gasteiger partial charge is 0.493 e. The van der Waals surface area contributed by atoms with Crippen molar-refractivity contribution in [2.45, 2.75) is 0 Å². The molecule has 2 aromatic rings. The predicted molar refractivity (Wildman–Crippen MR) is 107 cm³/mol. The summed E-state index contributed by atoms with van der Waals surface area (Å²) in [6.45, 7) is -0.974. The van der Waals surface area contributed by atoms with Crippen LogP contribution in [-0.4, -0.2) is 56.0 Å². The highest BCUT2D eigenvalue weighted by atomic mass is 16.5. The average molecular weight is 415 g/mol. The summed E-state index contributed by atoms with van der Waals surface area (Å²) in [6.07, 6.45) is 1.36. The molecule has 0 unspecified atom stereocenters. The van der Waals surface area contributed by atoms with E-state index in [0.717, 1.165) is 0 Å². The van der Waals surface area contributed by atoms with Gasteiger partial charge in [-0.1, -0.05) is 18.2 Å². The van der Waals surface area contributed by atoms with Gasteiger partial charge in [0.2, 0.25) is 0 Å². The average Bonchev–Trinajstić information content (AvgIpc) is 2.75. The maximum atomic E-state index is 11.8. The smallest absolute Gasteiger partial charge is 0.341 e. The van der Waals surface area contributed by atoms with E-state index in [-0.39, 0.29) is 18.9 Å². The van der Waals surface area contributed by atoms with Gasteiger partial charge in [-0.05, 0) is 35.9 Å². The number of hydrogen-bond acceptors (Lipinski definition) is 7. The second-order valence-electron chi connectivity index (χ2n) is 5.76. The summed E-state index contributed by atoms with van der Waals surface area (Å²) >= 11 is 0. The number of carbonyl (C=O) groups excluding carboxylic acids is 2. The van der Waals surface area contributed by atoms with Gasteiger partial charge in [-0.3, -0.25) is 9.59 Å². The third-order valence-electron chi connectivity index (χ3n) is 3.50. The lowest BCUT2D eigenvalue weighted by Gasteiger charge is -2.09. The first kappa shape index (κ1) is 22.2. The molecule has 3 N–H and O–H groups in total. The van der Waals surface area contributed by atoms with E-state index in [9.17, 15) is 14.4 Å². The third-order valence-corrected chi connectivity index (χ3v) is 3.50. The SMILES string of the molecule is COc1cc(/C=N\NC(=O)CNC(=O)COc2ccccc2)ccc1OCC(=O)O. The number of hydrogen-bond donors (Lipinski definition) is 3. The molecule has 2 rings (SSSR count). The first-order valence-corrected chi connectivity index (χ1v) is 8.77. The standard InChI is InChI=1S/C20H21N3O7/c1-28-17-9-14(7-8-16(17)30-13-20(26)27)10-22-23-18(24)11-21-19(25)12-29-15-5-3-2-4-6-15/h2-10H,11-13H2,1H3,(H,21,25)(H,23,24)(H,26,27)/b22-10-. The monoisotopic (exact) mass is 415 g/mol. The van der Waals surface area contributed by atoms with E-state index in [1.807, 2.05) is 6.07 Å². The molecule has 10 heteroatoms. The quantitative estimate of drug-likeness (QED) is 0.365. The Labute approximate surface area is 172 Å². The lowest BCUT2D eigenvalue weighted by atomic mass is 10.2. The first-order valence-electron chi connectivity index (χ1n) is 8.77. The molecule has 0 atom stereocenters. The van der Waals surface area contributed by atoms with Gasteiger partial charge in [0, 0.05) is 0 Å². The van der Waals surface area contributed by atoms with Gasteiger partial charge in [0.15, 0.2) is 24.7 Å². The fraction of sp³-hybridized carbons (Fsp3) is 0.200. The van der Waals surface area contributed by atoms with Gasteiger partial charge in [0.25, 0.3) is 11.8 Å². The van der Waals surface area contributed by atoms with Gasteiger partial charge in [0.1, 0.15) is 5.75 Å². The summed E-state index contributed by atoms with van der Waals surface area (Å²) in [5, 5.41) is 14.9. The number of para-hydroxylation sites is 1. The second kappa shape index (κ2) is 11.7. The number of hydrazone groups is 1. The van der Waals surface area contributed by atoms with Gasteiger partial charge >= 0.3 is 5.97 Å². The van der Waals surface area contributed by atoms with Crippen molar-refractivity contribution in [3.05, 3.63) is 54.1 Å². The summed E-state index contributed by atoms with van der Waals surface area (Å²) in [4.78, 5) is 34.0. The minimum atomic E-state index is -1.11. The number of amides is 2. The van der Waals surface area contributed by atoms with E-state index >= 15 is 0 Å². The molecular weight excluding hydrogens is 394 g/mol. The molecule has 2 amide bonds. The molecule has 0 aromatic heterocycles. The van der Waals surface area contributed by atoms with Crippen LogP contribution in [0.1, 0.15) is 5.56 Å². The van der Waals surface area contributed by atoms with Gasteiger partial charge in [0.05, 0.1) is 19.9 Å². The molecule has 0 aliphatic heterocycles. The topological polar surface area (TPSA) is 136 Å². The van der Waals surface area contributed by atoms with Crippen molar-refractivity contribution >= 4 is 24.0 Å². The van der Waals surface area contributed by atoms with E-state index in [2.05, 4.69) is 15.8 Å². The Hall–Kier alpha value is -4.08. The van der Waals surface area contributed by atoms with Crippen molar-refractivity contribution < 1.29 is 33.7 Å². The summed E-state index contributed by atoms with van der Waals surface area (Å²) in [6, 6.07) is 13.5. The van der Waals surface area contributed by atoms with Crippen molar-refractivity contribution in [3.8, 4) is 17.2 Å². The number of nitrogens with one attached hydrogen (secondary N) is 2. The van der Waals surface area contributed by atoms with Crippen LogP contribution in [-0.2, 0) is 14.4 Å². The number of benzene rings is 2. The van der Waals surface area contributed by atoms with Crippen molar-refractivity contribution in [3.63, 3.8) is 0 Å². The molecule has 0 bridgehead atoms. The number of methoxy groups -OCH3 is 1. The molecule has 30 heavy (non-hydrogen) atoms. The molecule has 0 fully saturated rings. The van der Waals surface area contributed by atoms with Crippen LogP contribution in [0.25, 0.3) is 0 Å². The zero-order chi connectivity index (χ0) is 21.8. The summed E-state index contributed by atoms with van der Waals surface area (Å²) in [7, 11) is 1.41. The van der Waals surface area contributed by atoms with Gasteiger partial charge in [-0.25, -0.2) is 10.2 Å². The van der Waals surface area contributed by atoms with E-state index in [1.54, 1.807) is 36.4 Å². The Balaban J connectivity index is 1.75. The predicted octanol–water partition coefficient (Wildman–Crippen LogP) is 0.804. The molecule has 10 nitrogen and oxygen atoms in total. The van der Waals surface area contributed by atoms with E-state index in [1.165, 1.54) is 19.4 Å². The van der Waals surface area contributed by atoms with Crippen LogP contribution < -0.4 is 25.0 Å². The van der Waals surface area contributed by atoms with Crippen molar-refractivity contribution in [2.24, 2.45) is 5.10 Å². The molecule has 0 aliphatic carbocycles. The van der Waals surface area contributed by atoms with Crippen LogP contribution >= 0.6 is 0 Å². The molecule has 0 heterocycles. The Kier molecular flexibility index (Phi) is 8.66. The van der Waals surface area contributed by atoms with Crippen LogP contribution in [0.3, 0.4) is 0 Å². The number of carboxylic acids is 1. The van der Waals surface area contributed by atoms with Crippen LogP contribution in [0.5, 0.6) is 17.2 Å². The molecule has 0 aliphatic rings. The number of nitrogens with zero attached hydrogens (tertiary/aromatic N) is 1. The lowest BCUT2D eigenvalue weighted by molar-refractivity contribution is -0.139. The summed E-state index contributed by atoms with van der Waals surface area (Å²) < 4.78 is 15.5. The molecule has 158 valence electrons. The number of carboxylic acid groups (broad SMARTS) is 1. The Morgan fingerprint density at radius 2 is 1.77 bits per heavy atom. The van der Waals surface area contributed by atoms with Crippen LogP contribution in [0.2, 0.25) is 0 Å². The highest BCUT2D eigenvalue weighted by molar-refractivity contribution is 5.87. The maximum Gasteiger partial charge on any atom is 0.341 e. The Bertz CT molecular complexity index is 901. The number of aliphatic carboxylic acids is 1. The van der Waals surface area contributed by atoms with Crippen molar-refractivity contribution in [1.29, 1.82) is 0 Å². The van der Waals surface area contributed by atoms with Gasteiger partial charge in [-0.2, -0.15) is 5.10 Å². The van der Waals surface area contributed by atoms with E-state index in [0.29, 0.717) is 17.1 Å². The third kappa shape index (κ3) is 7.89. The van der Waals surface area contributed by atoms with Crippen LogP contribution in [0.4, 0.5) is 0 Å². The minimum Gasteiger partial charge on any atom is -0.493 e. The Morgan fingerprint density at radius 3 is 2.47 bits per heavy atom. The number of ether oxygens (including phenoxy) is 3. The molecule has 0 radical (unpaired) electrons. The molecule has 0 spiro atoms. The van der Waals surface area contributed by atoms with E-state index in [4.69, 9.17) is 19.3 Å². The molecular formula is C20H21N3O7. The molecule has 0 saturated heterocycles. The number of carbonyl (C=O) groups is 3. The van der Waals surface area contributed by atoms with E-state index < -0.39 is 24.4 Å². The summed E-state index contributed by atoms with van der Waals surface area (Å²) in [5.41, 5.74) is 2.86. The maximum absolute atomic E-state index is 11.8. The molecule has 0 saturated carbocycles. The van der Waals surface area contributed by atoms with Crippen LogP contribution in [0.15, 0.2) is 53.6 Å². The first-order chi connectivity index (χ1) is 14.5. The van der Waals surface area contributed by atoms with Crippen LogP contribution in [0, 0.1) is 0 Å². The second-order valence-corrected chi connectivity index (χ2v) is 5.76. The van der Waals surface area contributed by atoms with Crippen molar-refractivity contribution in [1.82, 2.24) is 10.7 Å². The zero-order valence-corrected chi connectivity index (χ0v) is 16.2. The number of rotatable bonds is 11.